The van der Waals surface area contributed by atoms with Crippen molar-refractivity contribution in [2.24, 2.45) is 5.92 Å². The zero-order chi connectivity index (χ0) is 29.5. The first-order valence-corrected chi connectivity index (χ1v) is 13.5. The van der Waals surface area contributed by atoms with E-state index in [1.165, 1.54) is 12.1 Å². The van der Waals surface area contributed by atoms with Gasteiger partial charge in [0.2, 0.25) is 0 Å². The molecular formula is C30H28O11. The Bertz CT molecular complexity index is 1640. The SMILES string of the molecule is C[C@H]1O[C@H](C)[C@@H](O)C2=C1C(=O)c1ccc3c(c1C2=O)[C@@]1(O)c2cc(O)cc(O)c2C(=O)[C@H]2[C@@H](C)O[C@H](C)[C@@H](O)[C@@]21O3. The maximum atomic E-state index is 14.3. The zero-order valence-electron chi connectivity index (χ0n) is 22.5. The first-order valence-electron chi connectivity index (χ1n) is 13.5. The van der Waals surface area contributed by atoms with Gasteiger partial charge in [0.1, 0.15) is 29.5 Å². The van der Waals surface area contributed by atoms with E-state index in [-0.39, 0.29) is 44.7 Å². The van der Waals surface area contributed by atoms with Crippen molar-refractivity contribution in [1.29, 1.82) is 0 Å². The van der Waals surface area contributed by atoms with Gasteiger partial charge in [-0.1, -0.05) is 0 Å². The third-order valence-corrected chi connectivity index (χ3v) is 9.46. The molecule has 1 fully saturated rings. The summed E-state index contributed by atoms with van der Waals surface area (Å²) < 4.78 is 17.9. The third-order valence-electron chi connectivity index (χ3n) is 9.46. The summed E-state index contributed by atoms with van der Waals surface area (Å²) in [5.41, 5.74) is -6.03. The Morgan fingerprint density at radius 2 is 1.54 bits per heavy atom. The lowest BCUT2D eigenvalue weighted by Gasteiger charge is -2.57. The quantitative estimate of drug-likeness (QED) is 0.311. The van der Waals surface area contributed by atoms with Gasteiger partial charge in [0, 0.05) is 39.5 Å². The van der Waals surface area contributed by atoms with Crippen LogP contribution in [0.25, 0.3) is 0 Å². The Labute approximate surface area is 233 Å². The lowest BCUT2D eigenvalue weighted by molar-refractivity contribution is -0.263. The largest absolute Gasteiger partial charge is 0.508 e. The van der Waals surface area contributed by atoms with Gasteiger partial charge in [0.15, 0.2) is 28.6 Å². The van der Waals surface area contributed by atoms with Gasteiger partial charge in [-0.3, -0.25) is 14.4 Å². The summed E-state index contributed by atoms with van der Waals surface area (Å²) in [7, 11) is 0. The highest BCUT2D eigenvalue weighted by molar-refractivity contribution is 6.29. The average Bonchev–Trinajstić information content (AvgIpc) is 3.17. The Kier molecular flexibility index (Phi) is 5.14. The second-order valence-corrected chi connectivity index (χ2v) is 11.6. The molecule has 0 unspecified atom stereocenters. The Morgan fingerprint density at radius 1 is 0.829 bits per heavy atom. The minimum Gasteiger partial charge on any atom is -0.508 e. The van der Waals surface area contributed by atoms with Crippen LogP contribution in [0.5, 0.6) is 17.2 Å². The summed E-state index contributed by atoms with van der Waals surface area (Å²) in [4.78, 5) is 42.1. The van der Waals surface area contributed by atoms with E-state index in [2.05, 4.69) is 0 Å². The molecule has 3 heterocycles. The number of ether oxygens (including phenoxy) is 3. The van der Waals surface area contributed by atoms with E-state index < -0.39 is 82.6 Å². The molecule has 1 spiro atoms. The normalized spacial score (nSPS) is 38.8. The summed E-state index contributed by atoms with van der Waals surface area (Å²) in [6.45, 7) is 6.29. The van der Waals surface area contributed by atoms with Gasteiger partial charge in [0.25, 0.3) is 0 Å². The second kappa shape index (κ2) is 8.02. The van der Waals surface area contributed by atoms with Crippen molar-refractivity contribution < 1.29 is 54.1 Å². The minimum absolute atomic E-state index is 0.00871. The lowest BCUT2D eigenvalue weighted by Crippen LogP contribution is -2.75. The van der Waals surface area contributed by atoms with E-state index in [9.17, 15) is 39.9 Å². The van der Waals surface area contributed by atoms with E-state index >= 15 is 0 Å². The number of phenols is 2. The average molecular weight is 565 g/mol. The van der Waals surface area contributed by atoms with Gasteiger partial charge >= 0.3 is 0 Å². The van der Waals surface area contributed by atoms with Gasteiger partial charge in [-0.15, -0.1) is 0 Å². The molecule has 9 atom stereocenters. The summed E-state index contributed by atoms with van der Waals surface area (Å²) in [6.07, 6.45) is -6.57. The van der Waals surface area contributed by atoms with Crippen LogP contribution >= 0.6 is 0 Å². The summed E-state index contributed by atoms with van der Waals surface area (Å²) >= 11 is 0. The van der Waals surface area contributed by atoms with E-state index in [0.29, 0.717) is 0 Å². The molecule has 0 radical (unpaired) electrons. The standard InChI is InChI=1S/C30H28O11/c1-9-18-21(24(33)11(3)39-9)26(35)19-14(25(18)34)5-6-17-23(19)29(38)15-7-13(31)8-16(32)20(15)27(36)22-10(2)40-12(4)28(37)30(22,29)41-17/h5-12,22,24,28,31-33,37-38H,1-4H3/t9-,10-,11-,12-,22-,24-,28-,29+,30+/m1/s1. The van der Waals surface area contributed by atoms with E-state index in [1.54, 1.807) is 27.7 Å². The van der Waals surface area contributed by atoms with Crippen LogP contribution in [-0.2, 0) is 15.1 Å². The molecule has 7 rings (SSSR count). The second-order valence-electron chi connectivity index (χ2n) is 11.6. The van der Waals surface area contributed by atoms with Crippen molar-refractivity contribution in [1.82, 2.24) is 0 Å². The highest BCUT2D eigenvalue weighted by atomic mass is 16.6. The number of rotatable bonds is 0. The number of aromatic hydroxyl groups is 2. The van der Waals surface area contributed by atoms with Crippen molar-refractivity contribution in [3.63, 3.8) is 0 Å². The number of hydrogen-bond acceptors (Lipinski definition) is 11. The van der Waals surface area contributed by atoms with Gasteiger partial charge < -0.3 is 39.7 Å². The molecule has 2 aromatic rings. The van der Waals surface area contributed by atoms with Gasteiger partial charge in [-0.2, -0.15) is 0 Å². The molecule has 3 aliphatic heterocycles. The van der Waals surface area contributed by atoms with Crippen LogP contribution in [-0.4, -0.2) is 85.1 Å². The first kappa shape index (κ1) is 26.3. The first-order chi connectivity index (χ1) is 19.3. The van der Waals surface area contributed by atoms with Crippen molar-refractivity contribution in [2.45, 2.75) is 75.5 Å². The van der Waals surface area contributed by atoms with Crippen LogP contribution in [0.15, 0.2) is 35.4 Å². The van der Waals surface area contributed by atoms with Crippen LogP contribution < -0.4 is 4.74 Å². The number of aliphatic hydroxyl groups excluding tert-OH is 2. The fourth-order valence-electron chi connectivity index (χ4n) is 7.83. The predicted molar refractivity (Wildman–Crippen MR) is 138 cm³/mol. The molecule has 0 saturated carbocycles. The number of Topliss-reactive ketones (excluding diaryl/α,β-unsaturated/α-hetero) is 3. The fraction of sp³-hybridized carbons (Fsp3) is 0.433. The van der Waals surface area contributed by atoms with Crippen LogP contribution in [0.4, 0.5) is 0 Å². The molecular weight excluding hydrogens is 536 g/mol. The molecule has 0 amide bonds. The molecule has 0 bridgehead atoms. The van der Waals surface area contributed by atoms with Gasteiger partial charge in [-0.05, 0) is 45.9 Å². The highest BCUT2D eigenvalue weighted by Gasteiger charge is 2.77. The van der Waals surface area contributed by atoms with E-state index in [4.69, 9.17) is 14.2 Å². The zero-order valence-corrected chi connectivity index (χ0v) is 22.5. The van der Waals surface area contributed by atoms with Crippen LogP contribution in [0.2, 0.25) is 0 Å². The monoisotopic (exact) mass is 564 g/mol. The maximum absolute atomic E-state index is 14.3. The van der Waals surface area contributed by atoms with Crippen LogP contribution in [0.3, 0.4) is 0 Å². The Balaban J connectivity index is 1.60. The molecule has 0 aromatic heterocycles. The number of fused-ring (bicyclic) bond motifs is 6. The molecule has 1 saturated heterocycles. The molecule has 5 aliphatic rings. The van der Waals surface area contributed by atoms with Gasteiger partial charge in [0.05, 0.1) is 35.9 Å². The lowest BCUT2D eigenvalue weighted by atomic mass is 9.55. The van der Waals surface area contributed by atoms with Crippen LogP contribution in [0, 0.1) is 5.92 Å². The van der Waals surface area contributed by atoms with Crippen molar-refractivity contribution in [2.75, 3.05) is 0 Å². The number of benzene rings is 2. The fourth-order valence-corrected chi connectivity index (χ4v) is 7.83. The Morgan fingerprint density at radius 3 is 2.24 bits per heavy atom. The number of carbonyl (C=O) groups excluding carboxylic acids is 3. The molecule has 41 heavy (non-hydrogen) atoms. The molecule has 2 aromatic carbocycles. The summed E-state index contributed by atoms with van der Waals surface area (Å²) in [5.74, 6) is -4.59. The number of aliphatic hydroxyl groups is 3. The highest BCUT2D eigenvalue weighted by Crippen LogP contribution is 2.65. The van der Waals surface area contributed by atoms with E-state index in [1.807, 2.05) is 0 Å². The van der Waals surface area contributed by atoms with Gasteiger partial charge in [-0.25, -0.2) is 0 Å². The van der Waals surface area contributed by atoms with Crippen LogP contribution in [0.1, 0.15) is 69.9 Å². The van der Waals surface area contributed by atoms with Crippen molar-refractivity contribution in [3.8, 4) is 17.2 Å². The molecule has 11 heteroatoms. The predicted octanol–water partition coefficient (Wildman–Crippen LogP) is 1.29. The van der Waals surface area contributed by atoms with Crippen molar-refractivity contribution in [3.05, 3.63) is 63.2 Å². The molecule has 2 aliphatic carbocycles. The third kappa shape index (κ3) is 2.83. The summed E-state index contributed by atoms with van der Waals surface area (Å²) in [6, 6.07) is 4.77. The number of carbonyl (C=O) groups is 3. The molecule has 5 N–H and O–H groups in total. The smallest absolute Gasteiger partial charge is 0.193 e. The number of ketones is 3. The Hall–Kier alpha value is -3.61. The van der Waals surface area contributed by atoms with E-state index in [0.717, 1.165) is 12.1 Å². The number of hydrogen-bond donors (Lipinski definition) is 5. The summed E-state index contributed by atoms with van der Waals surface area (Å²) in [5, 5.41) is 57.0. The minimum atomic E-state index is -2.54. The molecule has 11 nitrogen and oxygen atoms in total. The van der Waals surface area contributed by atoms with Crippen molar-refractivity contribution >= 4 is 17.3 Å². The molecule has 214 valence electrons. The maximum Gasteiger partial charge on any atom is 0.193 e. The number of phenolic OH excluding ortho intramolecular Hbond substituents is 2. The topological polar surface area (TPSA) is 180 Å².